The summed E-state index contributed by atoms with van der Waals surface area (Å²) in [7, 11) is 0. The predicted molar refractivity (Wildman–Crippen MR) is 80.9 cm³/mol. The quantitative estimate of drug-likeness (QED) is 0.748. The molecule has 0 spiro atoms. The number of nitrogens with two attached hydrogens (primary N) is 1. The molecule has 6 heteroatoms. The van der Waals surface area contributed by atoms with E-state index in [9.17, 15) is 0 Å². The van der Waals surface area contributed by atoms with Gasteiger partial charge in [-0.2, -0.15) is 4.98 Å². The summed E-state index contributed by atoms with van der Waals surface area (Å²) < 4.78 is 0. The zero-order valence-corrected chi connectivity index (χ0v) is 11.8. The Morgan fingerprint density at radius 1 is 1.16 bits per heavy atom. The van der Waals surface area contributed by atoms with Crippen molar-refractivity contribution < 1.29 is 0 Å². The van der Waals surface area contributed by atoms with Gasteiger partial charge in [0.05, 0.1) is 5.39 Å². The number of fused-ring (bicyclic) bond motifs is 2. The van der Waals surface area contributed by atoms with Gasteiger partial charge in [0, 0.05) is 18.0 Å². The third-order valence-electron chi connectivity index (χ3n) is 3.43. The van der Waals surface area contributed by atoms with Crippen molar-refractivity contribution in [3.63, 3.8) is 0 Å². The van der Waals surface area contributed by atoms with Crippen LogP contribution in [0.1, 0.15) is 10.4 Å². The number of nitrogens with zero attached hydrogens (tertiary/aromatic N) is 3. The summed E-state index contributed by atoms with van der Waals surface area (Å²) in [5.41, 5.74) is 7.24. The van der Waals surface area contributed by atoms with Gasteiger partial charge in [-0.3, -0.25) is 0 Å². The molecule has 4 nitrogen and oxygen atoms in total. The summed E-state index contributed by atoms with van der Waals surface area (Å²) in [6, 6.07) is 4.29. The van der Waals surface area contributed by atoms with Crippen molar-refractivity contribution in [1.82, 2.24) is 9.97 Å². The second-order valence-electron chi connectivity index (χ2n) is 4.59. The molecule has 0 aliphatic carbocycles. The minimum Gasteiger partial charge on any atom is -0.368 e. The van der Waals surface area contributed by atoms with E-state index in [2.05, 4.69) is 32.4 Å². The molecule has 0 saturated carbocycles. The lowest BCUT2D eigenvalue weighted by atomic mass is 10.1. The number of rotatable bonds is 1. The lowest BCUT2D eigenvalue weighted by molar-refractivity contribution is 0.735. The summed E-state index contributed by atoms with van der Waals surface area (Å²) in [4.78, 5) is 13.5. The Hall–Kier alpha value is -1.66. The Balaban J connectivity index is 1.81. The van der Waals surface area contributed by atoms with Crippen LogP contribution in [0, 0.1) is 0 Å². The van der Waals surface area contributed by atoms with Gasteiger partial charge < -0.3 is 10.6 Å². The van der Waals surface area contributed by atoms with E-state index < -0.39 is 0 Å². The Morgan fingerprint density at radius 2 is 2.05 bits per heavy atom. The van der Waals surface area contributed by atoms with E-state index in [0.717, 1.165) is 35.5 Å². The van der Waals surface area contributed by atoms with Crippen LogP contribution in [0.5, 0.6) is 0 Å². The molecule has 0 unspecified atom stereocenters. The first-order valence-corrected chi connectivity index (χ1v) is 7.88. The molecule has 4 heterocycles. The van der Waals surface area contributed by atoms with E-state index in [1.54, 1.807) is 11.3 Å². The number of hydrogen-bond donors (Lipinski definition) is 1. The Bertz CT molecular complexity index is 746. The third-order valence-corrected chi connectivity index (χ3v) is 5.26. The third kappa shape index (κ3) is 1.79. The van der Waals surface area contributed by atoms with Crippen LogP contribution in [0.4, 0.5) is 11.8 Å². The highest BCUT2D eigenvalue weighted by molar-refractivity contribution is 7.16. The molecule has 19 heavy (non-hydrogen) atoms. The summed E-state index contributed by atoms with van der Waals surface area (Å²) in [5.74, 6) is 1.33. The average molecular weight is 288 g/mol. The summed E-state index contributed by atoms with van der Waals surface area (Å²) >= 11 is 3.46. The van der Waals surface area contributed by atoms with Crippen LogP contribution in [-0.4, -0.2) is 16.5 Å². The SMILES string of the molecule is Nc1nc(N2CCc3sccc3C2)c2ccsc2n1. The van der Waals surface area contributed by atoms with Gasteiger partial charge >= 0.3 is 0 Å². The molecule has 1 aliphatic rings. The second kappa shape index (κ2) is 4.18. The molecule has 0 saturated heterocycles. The van der Waals surface area contributed by atoms with Gasteiger partial charge in [-0.05, 0) is 34.9 Å². The lowest BCUT2D eigenvalue weighted by Crippen LogP contribution is -2.30. The van der Waals surface area contributed by atoms with Crippen molar-refractivity contribution in [3.05, 3.63) is 33.3 Å². The number of anilines is 2. The van der Waals surface area contributed by atoms with E-state index in [-0.39, 0.29) is 0 Å². The topological polar surface area (TPSA) is 55.0 Å². The van der Waals surface area contributed by atoms with Gasteiger partial charge in [0.25, 0.3) is 0 Å². The van der Waals surface area contributed by atoms with E-state index in [1.807, 2.05) is 16.7 Å². The fourth-order valence-corrected chi connectivity index (χ4v) is 4.18. The highest BCUT2D eigenvalue weighted by atomic mass is 32.1. The van der Waals surface area contributed by atoms with Crippen LogP contribution >= 0.6 is 22.7 Å². The minimum atomic E-state index is 0.362. The first-order valence-electron chi connectivity index (χ1n) is 6.12. The van der Waals surface area contributed by atoms with E-state index >= 15 is 0 Å². The van der Waals surface area contributed by atoms with Crippen LogP contribution in [0.3, 0.4) is 0 Å². The van der Waals surface area contributed by atoms with E-state index in [4.69, 9.17) is 5.73 Å². The number of nitrogen functional groups attached to an aromatic ring is 1. The lowest BCUT2D eigenvalue weighted by Gasteiger charge is -2.28. The van der Waals surface area contributed by atoms with Crippen LogP contribution in [0.25, 0.3) is 10.2 Å². The predicted octanol–water partition coefficient (Wildman–Crippen LogP) is 2.90. The monoisotopic (exact) mass is 288 g/mol. The molecule has 0 radical (unpaired) electrons. The molecule has 3 aromatic rings. The van der Waals surface area contributed by atoms with Gasteiger partial charge in [0.1, 0.15) is 10.6 Å². The minimum absolute atomic E-state index is 0.362. The molecule has 1 aliphatic heterocycles. The van der Waals surface area contributed by atoms with Gasteiger partial charge in [-0.25, -0.2) is 4.98 Å². The van der Waals surface area contributed by atoms with E-state index in [0.29, 0.717) is 5.95 Å². The zero-order chi connectivity index (χ0) is 12.8. The van der Waals surface area contributed by atoms with Gasteiger partial charge in [-0.15, -0.1) is 22.7 Å². The van der Waals surface area contributed by atoms with Crippen molar-refractivity contribution in [2.24, 2.45) is 0 Å². The van der Waals surface area contributed by atoms with Crippen molar-refractivity contribution in [2.75, 3.05) is 17.2 Å². The molecule has 0 amide bonds. The fraction of sp³-hybridized carbons (Fsp3) is 0.231. The second-order valence-corrected chi connectivity index (χ2v) is 6.48. The molecule has 0 fully saturated rings. The summed E-state index contributed by atoms with van der Waals surface area (Å²) in [6.07, 6.45) is 1.09. The van der Waals surface area contributed by atoms with Crippen molar-refractivity contribution >= 4 is 44.7 Å². The van der Waals surface area contributed by atoms with Crippen molar-refractivity contribution in [3.8, 4) is 0 Å². The highest BCUT2D eigenvalue weighted by Gasteiger charge is 2.21. The smallest absolute Gasteiger partial charge is 0.223 e. The van der Waals surface area contributed by atoms with Gasteiger partial charge in [-0.1, -0.05) is 0 Å². The highest BCUT2D eigenvalue weighted by Crippen LogP contribution is 2.32. The maximum atomic E-state index is 5.83. The first kappa shape index (κ1) is 11.2. The van der Waals surface area contributed by atoms with Crippen LogP contribution in [0.15, 0.2) is 22.9 Å². The number of hydrogen-bond acceptors (Lipinski definition) is 6. The van der Waals surface area contributed by atoms with Crippen LogP contribution in [-0.2, 0) is 13.0 Å². The molecule has 0 bridgehead atoms. The largest absolute Gasteiger partial charge is 0.368 e. The normalized spacial score (nSPS) is 14.8. The maximum Gasteiger partial charge on any atom is 0.223 e. The first-order chi connectivity index (χ1) is 9.31. The van der Waals surface area contributed by atoms with Crippen molar-refractivity contribution in [1.29, 1.82) is 0 Å². The fourth-order valence-electron chi connectivity index (χ4n) is 2.53. The van der Waals surface area contributed by atoms with E-state index in [1.165, 1.54) is 10.4 Å². The molecular weight excluding hydrogens is 276 g/mol. The summed E-state index contributed by atoms with van der Waals surface area (Å²) in [5, 5.41) is 5.32. The zero-order valence-electron chi connectivity index (χ0n) is 10.2. The molecule has 3 aromatic heterocycles. The molecule has 2 N–H and O–H groups in total. The molecule has 96 valence electrons. The number of aromatic nitrogens is 2. The van der Waals surface area contributed by atoms with Crippen LogP contribution in [0.2, 0.25) is 0 Å². The van der Waals surface area contributed by atoms with Gasteiger partial charge in [0.15, 0.2) is 0 Å². The Kier molecular flexibility index (Phi) is 2.46. The van der Waals surface area contributed by atoms with Gasteiger partial charge in [0.2, 0.25) is 5.95 Å². The van der Waals surface area contributed by atoms with Crippen LogP contribution < -0.4 is 10.6 Å². The standard InChI is InChI=1S/C13H12N4S2/c14-13-15-11(9-3-6-19-12(9)16-13)17-4-1-10-8(7-17)2-5-18-10/h2-3,5-6H,1,4,7H2,(H2,14,15,16). The molecule has 0 atom stereocenters. The van der Waals surface area contributed by atoms with Crippen molar-refractivity contribution in [2.45, 2.75) is 13.0 Å². The molecular formula is C13H12N4S2. The Labute approximate surface area is 118 Å². The molecule has 0 aromatic carbocycles. The Morgan fingerprint density at radius 3 is 3.00 bits per heavy atom. The maximum absolute atomic E-state index is 5.83. The average Bonchev–Trinajstić information content (AvgIpc) is 3.04. The summed E-state index contributed by atoms with van der Waals surface area (Å²) in [6.45, 7) is 1.91. The number of thiophene rings is 2. The molecule has 4 rings (SSSR count).